The molecule has 0 saturated heterocycles. The molecule has 0 atom stereocenters. The van der Waals surface area contributed by atoms with Crippen LogP contribution in [0, 0.1) is 0 Å². The van der Waals surface area contributed by atoms with E-state index in [1.165, 1.54) is 0 Å². The van der Waals surface area contributed by atoms with Gasteiger partial charge in [0.15, 0.2) is 0 Å². The van der Waals surface area contributed by atoms with Crippen molar-refractivity contribution in [1.29, 1.82) is 0 Å². The highest BCUT2D eigenvalue weighted by atomic mass is 79.9. The Morgan fingerprint density at radius 1 is 1.50 bits per heavy atom. The van der Waals surface area contributed by atoms with Crippen LogP contribution in [0.5, 0.6) is 0 Å². The summed E-state index contributed by atoms with van der Waals surface area (Å²) in [5.74, 6) is 0. The van der Waals surface area contributed by atoms with Crippen LogP contribution < -0.4 is 0 Å². The first-order valence-electron chi connectivity index (χ1n) is 2.55. The molecule has 0 aliphatic heterocycles. The average Bonchev–Trinajstić information content (AvgIpc) is 1.21. The van der Waals surface area contributed by atoms with Crippen molar-refractivity contribution in [2.45, 2.75) is 0 Å². The number of hydrogen-bond donors (Lipinski definition) is 0. The van der Waals surface area contributed by atoms with Gasteiger partial charge >= 0.3 is 0 Å². The molecule has 0 spiro atoms. The second kappa shape index (κ2) is 2.98. The number of allylic oxidation sites excluding steroid dienone is 1. The fourth-order valence-electron chi connectivity index (χ4n) is 0.515. The molecule has 48 valence electrons. The van der Waals surface area contributed by atoms with Crippen molar-refractivity contribution in [3.63, 3.8) is 0 Å². The third-order valence-corrected chi connectivity index (χ3v) is 2.69. The van der Waals surface area contributed by atoms with Crippen molar-refractivity contribution in [2.75, 3.05) is 26.2 Å². The molecule has 0 saturated carbocycles. The Morgan fingerprint density at radius 2 is 1.88 bits per heavy atom. The maximum Gasteiger partial charge on any atom is 0.0893 e. The van der Waals surface area contributed by atoms with Crippen molar-refractivity contribution < 1.29 is 0 Å². The Balaban J connectivity index is 3.55. The number of hydrogen-bond acceptors (Lipinski definition) is 0. The van der Waals surface area contributed by atoms with Crippen LogP contribution in [-0.4, -0.2) is 26.2 Å². The maximum absolute atomic E-state index is 3.78. The second-order valence-corrected chi connectivity index (χ2v) is 8.98. The van der Waals surface area contributed by atoms with E-state index in [4.69, 9.17) is 0 Å². The number of rotatable bonds is 2. The van der Waals surface area contributed by atoms with E-state index in [2.05, 4.69) is 42.5 Å². The summed E-state index contributed by atoms with van der Waals surface area (Å²) in [6, 6.07) is 0. The molecule has 0 aliphatic carbocycles. The zero-order valence-corrected chi connectivity index (χ0v) is 8.22. The lowest BCUT2D eigenvalue weighted by Crippen LogP contribution is -1.90. The minimum absolute atomic E-state index is 0.618. The lowest BCUT2D eigenvalue weighted by atomic mass is 10.8. The first-order chi connectivity index (χ1) is 3.42. The zero-order chi connectivity index (χ0) is 6.78. The van der Waals surface area contributed by atoms with E-state index in [1.807, 2.05) is 0 Å². The first kappa shape index (κ1) is 8.65. The van der Waals surface area contributed by atoms with Gasteiger partial charge in [0, 0.05) is 31.7 Å². The van der Waals surface area contributed by atoms with Gasteiger partial charge in [-0.2, -0.15) is 0 Å². The van der Waals surface area contributed by atoms with E-state index in [0.29, 0.717) is 0 Å². The number of halogens is 1. The molecule has 0 aromatic rings. The van der Waals surface area contributed by atoms with Crippen molar-refractivity contribution in [3.8, 4) is 0 Å². The molecule has 0 aliphatic rings. The molecule has 0 aromatic heterocycles. The summed E-state index contributed by atoms with van der Waals surface area (Å²) in [5.41, 5.74) is 0. The molecule has 0 nitrogen and oxygen atoms in total. The van der Waals surface area contributed by atoms with Crippen LogP contribution in [-0.2, 0) is 0 Å². The minimum Gasteiger partial charge on any atom is -0.0852 e. The minimum atomic E-state index is -0.618. The monoisotopic (exact) mass is 195 g/mol. The van der Waals surface area contributed by atoms with E-state index < -0.39 is 7.26 Å². The van der Waals surface area contributed by atoms with Gasteiger partial charge in [-0.25, -0.2) is 0 Å². The van der Waals surface area contributed by atoms with Crippen molar-refractivity contribution >= 4 is 23.2 Å². The van der Waals surface area contributed by atoms with Gasteiger partial charge in [-0.3, -0.25) is 0 Å². The Bertz CT molecular complexity index is 91.2. The highest BCUT2D eigenvalue weighted by molar-refractivity contribution is 9.11. The van der Waals surface area contributed by atoms with Crippen molar-refractivity contribution in [3.05, 3.63) is 11.1 Å². The van der Waals surface area contributed by atoms with Gasteiger partial charge in [-0.1, -0.05) is 22.5 Å². The molecule has 0 amide bonds. The fourth-order valence-corrected chi connectivity index (χ4v) is 3.80. The van der Waals surface area contributed by atoms with E-state index in [9.17, 15) is 0 Å². The van der Waals surface area contributed by atoms with E-state index >= 15 is 0 Å². The van der Waals surface area contributed by atoms with Gasteiger partial charge in [0.1, 0.15) is 0 Å². The van der Waals surface area contributed by atoms with E-state index in [0.717, 1.165) is 10.6 Å². The normalized spacial score (nSPS) is 11.5. The van der Waals surface area contributed by atoms with Gasteiger partial charge in [0.25, 0.3) is 0 Å². The van der Waals surface area contributed by atoms with Crippen molar-refractivity contribution in [1.82, 2.24) is 0 Å². The lowest BCUT2D eigenvalue weighted by Gasteiger charge is -2.08. The molecule has 0 rings (SSSR count). The van der Waals surface area contributed by atoms with Crippen LogP contribution in [0.4, 0.5) is 0 Å². The molecule has 2 heteroatoms. The van der Waals surface area contributed by atoms with Crippen LogP contribution in [0.3, 0.4) is 0 Å². The summed E-state index contributed by atoms with van der Waals surface area (Å²) in [7, 11) is -0.618. The summed E-state index contributed by atoms with van der Waals surface area (Å²) in [6.07, 6.45) is 1.16. The lowest BCUT2D eigenvalue weighted by molar-refractivity contribution is 1.66. The molecule has 0 heterocycles. The van der Waals surface area contributed by atoms with Crippen LogP contribution in [0.25, 0.3) is 0 Å². The largest absolute Gasteiger partial charge is 0.0893 e. The quantitative estimate of drug-likeness (QED) is 0.595. The SMILES string of the molecule is C=C(Br)C[P+](C)(C)C. The summed E-state index contributed by atoms with van der Waals surface area (Å²) < 4.78 is 1.14. The Morgan fingerprint density at radius 3 is 1.88 bits per heavy atom. The highest BCUT2D eigenvalue weighted by Crippen LogP contribution is 2.48. The van der Waals surface area contributed by atoms with Gasteiger partial charge in [-0.15, -0.1) is 0 Å². The van der Waals surface area contributed by atoms with Crippen LogP contribution >= 0.6 is 23.2 Å². The summed E-state index contributed by atoms with van der Waals surface area (Å²) in [4.78, 5) is 0. The summed E-state index contributed by atoms with van der Waals surface area (Å²) in [6.45, 7) is 10.7. The molecular formula is C6H13BrP+. The summed E-state index contributed by atoms with van der Waals surface area (Å²) in [5, 5.41) is 0. The molecular weight excluding hydrogens is 183 g/mol. The van der Waals surface area contributed by atoms with Gasteiger partial charge < -0.3 is 0 Å². The van der Waals surface area contributed by atoms with Gasteiger partial charge in [0.2, 0.25) is 0 Å². The van der Waals surface area contributed by atoms with Crippen LogP contribution in [0.15, 0.2) is 11.1 Å². The molecule has 0 aromatic carbocycles. The predicted octanol–water partition coefficient (Wildman–Crippen LogP) is 2.80. The Labute approximate surface area is 60.8 Å². The topological polar surface area (TPSA) is 0 Å². The standard InChI is InChI=1S/C6H13BrP/c1-6(7)5-8(2,3)4/h1,5H2,2-4H3/q+1. The van der Waals surface area contributed by atoms with E-state index in [1.54, 1.807) is 0 Å². The van der Waals surface area contributed by atoms with Crippen LogP contribution in [0.1, 0.15) is 0 Å². The molecule has 0 N–H and O–H groups in total. The van der Waals surface area contributed by atoms with Crippen LogP contribution in [0.2, 0.25) is 0 Å². The molecule has 0 radical (unpaired) electrons. The molecule has 0 bridgehead atoms. The first-order valence-corrected chi connectivity index (χ1v) is 6.66. The fraction of sp³-hybridized carbons (Fsp3) is 0.667. The van der Waals surface area contributed by atoms with Gasteiger partial charge in [0.05, 0.1) is 6.16 Å². The molecule has 0 unspecified atom stereocenters. The zero-order valence-electron chi connectivity index (χ0n) is 5.74. The van der Waals surface area contributed by atoms with Gasteiger partial charge in [-0.05, 0) is 0 Å². The average molecular weight is 196 g/mol. The Kier molecular flexibility index (Phi) is 3.23. The second-order valence-electron chi connectivity index (χ2n) is 2.97. The van der Waals surface area contributed by atoms with E-state index in [-0.39, 0.29) is 0 Å². The summed E-state index contributed by atoms with van der Waals surface area (Å²) >= 11 is 3.34. The molecule has 0 fully saturated rings. The Hall–Kier alpha value is 0.650. The third-order valence-electron chi connectivity index (χ3n) is 0.646. The highest BCUT2D eigenvalue weighted by Gasteiger charge is 2.16. The maximum atomic E-state index is 3.78. The smallest absolute Gasteiger partial charge is 0.0852 e. The predicted molar refractivity (Wildman–Crippen MR) is 47.6 cm³/mol. The van der Waals surface area contributed by atoms with Crippen molar-refractivity contribution in [2.24, 2.45) is 0 Å². The third kappa shape index (κ3) is 6.65. The molecule has 8 heavy (non-hydrogen) atoms.